The summed E-state index contributed by atoms with van der Waals surface area (Å²) in [5, 5.41) is 0. The van der Waals surface area contributed by atoms with E-state index in [-0.39, 0.29) is 5.91 Å². The number of fused-ring (bicyclic) bond motifs is 1. The summed E-state index contributed by atoms with van der Waals surface area (Å²) in [5.41, 5.74) is 2.17. The third-order valence-electron chi connectivity index (χ3n) is 4.95. The molecule has 1 aromatic heterocycles. The Kier molecular flexibility index (Phi) is 5.58. The summed E-state index contributed by atoms with van der Waals surface area (Å²) in [6.45, 7) is 9.08. The zero-order valence-corrected chi connectivity index (χ0v) is 15.5. The monoisotopic (exact) mass is 344 g/mol. The van der Waals surface area contributed by atoms with Gasteiger partial charge in [-0.1, -0.05) is 13.3 Å². The van der Waals surface area contributed by atoms with Crippen molar-refractivity contribution in [3.8, 4) is 5.75 Å². The van der Waals surface area contributed by atoms with Gasteiger partial charge >= 0.3 is 0 Å². The molecule has 0 spiro atoms. The van der Waals surface area contributed by atoms with Gasteiger partial charge in [-0.2, -0.15) is 0 Å². The Labute approximate surface area is 149 Å². The number of unbranched alkanes of at least 4 members (excludes halogenated alkanes) is 1. The van der Waals surface area contributed by atoms with Gasteiger partial charge in [0.05, 0.1) is 24.7 Å². The predicted molar refractivity (Wildman–Crippen MR) is 98.7 cm³/mol. The third-order valence-corrected chi connectivity index (χ3v) is 4.95. The Morgan fingerprint density at radius 3 is 2.64 bits per heavy atom. The first kappa shape index (κ1) is 17.7. The molecule has 0 aliphatic carbocycles. The number of hydrogen-bond acceptors (Lipinski definition) is 4. The number of nitrogens with zero attached hydrogens (tertiary/aromatic N) is 4. The molecule has 1 fully saturated rings. The van der Waals surface area contributed by atoms with E-state index in [4.69, 9.17) is 9.72 Å². The molecule has 25 heavy (non-hydrogen) atoms. The van der Waals surface area contributed by atoms with E-state index >= 15 is 0 Å². The van der Waals surface area contributed by atoms with Gasteiger partial charge in [-0.15, -0.1) is 0 Å². The number of hydrogen-bond donors (Lipinski definition) is 0. The molecular weight excluding hydrogens is 316 g/mol. The Hall–Kier alpha value is -2.08. The van der Waals surface area contributed by atoms with Crippen molar-refractivity contribution in [1.29, 1.82) is 0 Å². The summed E-state index contributed by atoms with van der Waals surface area (Å²) in [6, 6.07) is 6.12. The van der Waals surface area contributed by atoms with E-state index in [9.17, 15) is 4.79 Å². The number of piperazine rings is 1. The molecule has 136 valence electrons. The number of imidazole rings is 1. The molecule has 0 N–H and O–H groups in total. The molecule has 2 heterocycles. The van der Waals surface area contributed by atoms with Crippen molar-refractivity contribution in [3.05, 3.63) is 24.0 Å². The van der Waals surface area contributed by atoms with Crippen molar-refractivity contribution in [2.75, 3.05) is 33.3 Å². The smallest absolute Gasteiger partial charge is 0.219 e. The van der Waals surface area contributed by atoms with Crippen LogP contribution >= 0.6 is 0 Å². The number of amides is 1. The number of rotatable bonds is 6. The molecule has 6 nitrogen and oxygen atoms in total. The van der Waals surface area contributed by atoms with E-state index in [1.165, 1.54) is 5.52 Å². The van der Waals surface area contributed by atoms with E-state index in [1.54, 1.807) is 14.0 Å². The molecular formula is C19H28N4O2. The molecule has 1 aliphatic rings. The van der Waals surface area contributed by atoms with Crippen molar-refractivity contribution in [2.24, 2.45) is 0 Å². The molecule has 3 rings (SSSR count). The Balaban J connectivity index is 1.80. The van der Waals surface area contributed by atoms with Gasteiger partial charge in [0.2, 0.25) is 5.91 Å². The van der Waals surface area contributed by atoms with Crippen LogP contribution in [0.1, 0.15) is 32.5 Å². The number of methoxy groups -OCH3 is 1. The molecule has 6 heteroatoms. The van der Waals surface area contributed by atoms with Gasteiger partial charge in [-0.3, -0.25) is 9.69 Å². The van der Waals surface area contributed by atoms with Crippen LogP contribution < -0.4 is 4.74 Å². The summed E-state index contributed by atoms with van der Waals surface area (Å²) in [6.07, 6.45) is 2.30. The minimum atomic E-state index is 0.168. The van der Waals surface area contributed by atoms with Crippen molar-refractivity contribution in [2.45, 2.75) is 39.8 Å². The predicted octanol–water partition coefficient (Wildman–Crippen LogP) is 2.51. The fraction of sp³-hybridized carbons (Fsp3) is 0.579. The van der Waals surface area contributed by atoms with Crippen molar-refractivity contribution >= 4 is 16.9 Å². The number of ether oxygens (including phenoxy) is 1. The molecule has 1 amide bonds. The van der Waals surface area contributed by atoms with Gasteiger partial charge in [-0.05, 0) is 18.6 Å². The Morgan fingerprint density at radius 2 is 2.00 bits per heavy atom. The molecule has 0 atom stereocenters. The second-order valence-electron chi connectivity index (χ2n) is 6.67. The second-order valence-corrected chi connectivity index (χ2v) is 6.67. The van der Waals surface area contributed by atoms with E-state index in [0.29, 0.717) is 0 Å². The van der Waals surface area contributed by atoms with Crippen molar-refractivity contribution < 1.29 is 9.53 Å². The summed E-state index contributed by atoms with van der Waals surface area (Å²) >= 11 is 0. The van der Waals surface area contributed by atoms with Crippen LogP contribution in [0.5, 0.6) is 5.75 Å². The van der Waals surface area contributed by atoms with Crippen LogP contribution in [0.2, 0.25) is 0 Å². The van der Waals surface area contributed by atoms with Crippen LogP contribution in [0.15, 0.2) is 18.2 Å². The minimum Gasteiger partial charge on any atom is -0.497 e. The Bertz CT molecular complexity index is 732. The number of aryl methyl sites for hydroxylation is 1. The van der Waals surface area contributed by atoms with Crippen LogP contribution in [0.4, 0.5) is 0 Å². The van der Waals surface area contributed by atoms with Gasteiger partial charge in [0.25, 0.3) is 0 Å². The summed E-state index contributed by atoms with van der Waals surface area (Å²) in [5.74, 6) is 2.11. The molecule has 2 aromatic rings. The lowest BCUT2D eigenvalue weighted by Gasteiger charge is -2.34. The summed E-state index contributed by atoms with van der Waals surface area (Å²) in [4.78, 5) is 20.7. The summed E-state index contributed by atoms with van der Waals surface area (Å²) in [7, 11) is 1.69. The minimum absolute atomic E-state index is 0.168. The maximum Gasteiger partial charge on any atom is 0.219 e. The first-order valence-corrected chi connectivity index (χ1v) is 9.13. The highest BCUT2D eigenvalue weighted by Gasteiger charge is 2.21. The number of carbonyl (C=O) groups excluding carboxylic acids is 1. The van der Waals surface area contributed by atoms with Crippen LogP contribution in [-0.2, 0) is 17.9 Å². The average Bonchev–Trinajstić information content (AvgIpc) is 2.96. The second kappa shape index (κ2) is 7.87. The fourth-order valence-electron chi connectivity index (χ4n) is 3.39. The van der Waals surface area contributed by atoms with Crippen LogP contribution in [0.25, 0.3) is 11.0 Å². The number of aromatic nitrogens is 2. The van der Waals surface area contributed by atoms with Crippen molar-refractivity contribution in [1.82, 2.24) is 19.4 Å². The van der Waals surface area contributed by atoms with Crippen LogP contribution in [-0.4, -0.2) is 58.5 Å². The fourth-order valence-corrected chi connectivity index (χ4v) is 3.39. The molecule has 1 saturated heterocycles. The maximum absolute atomic E-state index is 11.5. The molecule has 1 aromatic carbocycles. The maximum atomic E-state index is 11.5. The lowest BCUT2D eigenvalue weighted by molar-refractivity contribution is -0.130. The SMILES string of the molecule is CCCCn1c(CN2CCN(C(C)=O)CC2)nc2cc(OC)ccc21. The summed E-state index contributed by atoms with van der Waals surface area (Å²) < 4.78 is 7.68. The molecule has 0 unspecified atom stereocenters. The number of benzene rings is 1. The molecule has 0 saturated carbocycles. The van der Waals surface area contributed by atoms with Gasteiger partial charge in [-0.25, -0.2) is 4.98 Å². The Morgan fingerprint density at radius 1 is 1.24 bits per heavy atom. The van der Waals surface area contributed by atoms with Gasteiger partial charge in [0.1, 0.15) is 11.6 Å². The normalized spacial score (nSPS) is 15.7. The van der Waals surface area contributed by atoms with Gasteiger partial charge < -0.3 is 14.2 Å². The largest absolute Gasteiger partial charge is 0.497 e. The van der Waals surface area contributed by atoms with E-state index in [1.807, 2.05) is 17.0 Å². The zero-order valence-electron chi connectivity index (χ0n) is 15.5. The molecule has 0 bridgehead atoms. The average molecular weight is 344 g/mol. The zero-order chi connectivity index (χ0) is 17.8. The lowest BCUT2D eigenvalue weighted by atomic mass is 10.2. The topological polar surface area (TPSA) is 50.6 Å². The quantitative estimate of drug-likeness (QED) is 0.808. The van der Waals surface area contributed by atoms with E-state index in [2.05, 4.69) is 22.5 Å². The van der Waals surface area contributed by atoms with E-state index < -0.39 is 0 Å². The van der Waals surface area contributed by atoms with Gasteiger partial charge in [0.15, 0.2) is 0 Å². The lowest BCUT2D eigenvalue weighted by Crippen LogP contribution is -2.47. The van der Waals surface area contributed by atoms with Gasteiger partial charge in [0, 0.05) is 45.7 Å². The third kappa shape index (κ3) is 3.95. The first-order valence-electron chi connectivity index (χ1n) is 9.13. The highest BCUT2D eigenvalue weighted by atomic mass is 16.5. The van der Waals surface area contributed by atoms with Crippen molar-refractivity contribution in [3.63, 3.8) is 0 Å². The number of carbonyl (C=O) groups is 1. The standard InChI is InChI=1S/C19H28N4O2/c1-4-5-8-23-18-7-6-16(25-3)13-17(18)20-19(23)14-21-9-11-22(12-10-21)15(2)24/h6-7,13H,4-5,8-12,14H2,1-3H3. The van der Waals surface area contributed by atoms with Crippen LogP contribution in [0, 0.1) is 0 Å². The van der Waals surface area contributed by atoms with E-state index in [0.717, 1.165) is 69.2 Å². The first-order chi connectivity index (χ1) is 12.1. The molecule has 1 aliphatic heterocycles. The molecule has 0 radical (unpaired) electrons. The highest BCUT2D eigenvalue weighted by molar-refractivity contribution is 5.78. The highest BCUT2D eigenvalue weighted by Crippen LogP contribution is 2.23. The van der Waals surface area contributed by atoms with Crippen LogP contribution in [0.3, 0.4) is 0 Å².